The highest BCUT2D eigenvalue weighted by Gasteiger charge is 2.58. The van der Waals surface area contributed by atoms with Crippen molar-refractivity contribution in [1.82, 2.24) is 0 Å². The number of azide groups is 4. The van der Waals surface area contributed by atoms with Gasteiger partial charge in [-0.2, -0.15) is 0 Å². The molecular formula is C39H42N12O16. The van der Waals surface area contributed by atoms with Crippen molar-refractivity contribution in [2.75, 3.05) is 13.2 Å². The molecule has 2 aliphatic heterocycles. The monoisotopic (exact) mass is 934 g/mol. The molecule has 67 heavy (non-hydrogen) atoms. The number of carbonyl (C=O) groups is 6. The van der Waals surface area contributed by atoms with Gasteiger partial charge in [-0.1, -0.05) is 56.9 Å². The van der Waals surface area contributed by atoms with Crippen LogP contribution in [0.2, 0.25) is 0 Å². The zero-order valence-electron chi connectivity index (χ0n) is 35.9. The molecule has 2 aromatic carbocycles. The number of benzene rings is 2. The molecule has 28 heteroatoms. The van der Waals surface area contributed by atoms with Crippen molar-refractivity contribution in [3.05, 3.63) is 114 Å². The summed E-state index contributed by atoms with van der Waals surface area (Å²) in [5.41, 5.74) is 38.6. The molecule has 0 spiro atoms. The molecule has 3 fully saturated rings. The lowest BCUT2D eigenvalue weighted by molar-refractivity contribution is -0.312. The minimum Gasteiger partial charge on any atom is -0.463 e. The molecule has 354 valence electrons. The van der Waals surface area contributed by atoms with Crippen LogP contribution in [0.1, 0.15) is 54.8 Å². The number of ether oxygens (including phenoxy) is 10. The van der Waals surface area contributed by atoms with Crippen molar-refractivity contribution in [1.29, 1.82) is 0 Å². The van der Waals surface area contributed by atoms with Gasteiger partial charge in [0.1, 0.15) is 37.1 Å². The lowest BCUT2D eigenvalue weighted by atomic mass is 9.83. The summed E-state index contributed by atoms with van der Waals surface area (Å²) in [6.45, 7) is 2.88. The lowest BCUT2D eigenvalue weighted by Gasteiger charge is -2.48. The molecule has 0 N–H and O–H groups in total. The van der Waals surface area contributed by atoms with E-state index in [0.29, 0.717) is 0 Å². The van der Waals surface area contributed by atoms with Crippen LogP contribution in [0.25, 0.3) is 41.8 Å². The van der Waals surface area contributed by atoms with Gasteiger partial charge < -0.3 is 47.4 Å². The molecule has 14 atom stereocenters. The summed E-state index contributed by atoms with van der Waals surface area (Å²) in [5, 5.41) is 14.9. The van der Waals surface area contributed by atoms with E-state index < -0.39 is 141 Å². The Hall–Kier alpha value is -7.66. The van der Waals surface area contributed by atoms with Gasteiger partial charge in [-0.15, -0.1) is 0 Å². The quantitative estimate of drug-likeness (QED) is 0.0638. The van der Waals surface area contributed by atoms with Crippen LogP contribution in [0.15, 0.2) is 81.1 Å². The highest BCUT2D eigenvalue weighted by atomic mass is 16.8. The van der Waals surface area contributed by atoms with Crippen LogP contribution >= 0.6 is 0 Å². The molecule has 0 bridgehead atoms. The SMILES string of the molecule is CC(=O)OCC1O[C@H](O[C@@H]2C(N=[N+]=[N-])C[C@@H](N=[N+]=[N-])[C@@H](OC(C)=O)C2O[C@@H]2O[C@H](CN=[N+]=[N-])C(OC(=O)c3ccccc3)[C@@H]2OC(=O)c2ccccc2)C(N=[N+]=[N-])[C@@H](OC(C)=O)[C@@H]1OC(C)=O. The van der Waals surface area contributed by atoms with E-state index in [-0.39, 0.29) is 11.1 Å². The number of rotatable bonds is 18. The normalized spacial score (nSPS) is 29.6. The molecule has 3 aliphatic rings. The standard InChI is InChI=1S/C39H42N12O16/c1-18(52)58-17-27-32(60-20(3)54)33(61-21(4)55)28(47-51-43)38(63-27)66-30-25(46-50-42)15-24(45-49-41)29(59-19(2)53)34(30)67-39-35(65-37(57)23-13-9-6-10-14-23)31(26(62-39)16-44-48-40)64-36(56)22-11-7-5-8-12-22/h5-14,24-35,38-39H,15-17H2,1-4H3/t24-,25?,26-,27?,28?,29-,30-,31?,32-,33-,34?,35+,38-,39+/m1/s1. The number of nitrogens with zero attached hydrogens (tertiary/aromatic N) is 12. The second kappa shape index (κ2) is 24.0. The maximum Gasteiger partial charge on any atom is 0.338 e. The van der Waals surface area contributed by atoms with E-state index in [1.165, 1.54) is 24.3 Å². The van der Waals surface area contributed by atoms with E-state index in [2.05, 4.69) is 40.1 Å². The van der Waals surface area contributed by atoms with Crippen LogP contribution in [0.3, 0.4) is 0 Å². The van der Waals surface area contributed by atoms with Crippen LogP contribution in [0, 0.1) is 0 Å². The summed E-state index contributed by atoms with van der Waals surface area (Å²) in [5.74, 6) is -5.56. The number of esters is 6. The lowest BCUT2D eigenvalue weighted by Crippen LogP contribution is -2.65. The Morgan fingerprint density at radius 2 is 1.01 bits per heavy atom. The van der Waals surface area contributed by atoms with Gasteiger partial charge in [0.2, 0.25) is 0 Å². The second-order valence-corrected chi connectivity index (χ2v) is 14.7. The van der Waals surface area contributed by atoms with E-state index in [1.54, 1.807) is 36.4 Å². The average Bonchev–Trinajstić information content (AvgIpc) is 3.60. The minimum atomic E-state index is -1.93. The third kappa shape index (κ3) is 13.2. The first-order chi connectivity index (χ1) is 32.2. The predicted molar refractivity (Wildman–Crippen MR) is 219 cm³/mol. The van der Waals surface area contributed by atoms with Gasteiger partial charge in [0.25, 0.3) is 0 Å². The Morgan fingerprint density at radius 3 is 1.54 bits per heavy atom. The molecule has 0 aromatic heterocycles. The molecule has 1 aliphatic carbocycles. The molecule has 5 rings (SSSR count). The smallest absolute Gasteiger partial charge is 0.338 e. The summed E-state index contributed by atoms with van der Waals surface area (Å²) < 4.78 is 58.9. The number of carbonyl (C=O) groups excluding carboxylic acids is 6. The Kier molecular flexibility index (Phi) is 18.1. The first-order valence-corrected chi connectivity index (χ1v) is 20.1. The Bertz CT molecular complexity index is 2320. The van der Waals surface area contributed by atoms with Gasteiger partial charge in [0.05, 0.1) is 35.9 Å². The fraction of sp³-hybridized carbons (Fsp3) is 0.538. The first-order valence-electron chi connectivity index (χ1n) is 20.1. The second-order valence-electron chi connectivity index (χ2n) is 14.7. The zero-order valence-corrected chi connectivity index (χ0v) is 35.9. The van der Waals surface area contributed by atoms with Crippen molar-refractivity contribution in [3.8, 4) is 0 Å². The van der Waals surface area contributed by atoms with Crippen molar-refractivity contribution in [2.24, 2.45) is 20.5 Å². The Balaban J connectivity index is 1.67. The molecular weight excluding hydrogens is 892 g/mol. The molecule has 2 aromatic rings. The summed E-state index contributed by atoms with van der Waals surface area (Å²) in [6, 6.07) is 10.5. The van der Waals surface area contributed by atoms with Gasteiger partial charge in [0.15, 0.2) is 37.0 Å². The predicted octanol–water partition coefficient (Wildman–Crippen LogP) is 4.77. The summed E-state index contributed by atoms with van der Waals surface area (Å²) in [7, 11) is 0. The highest BCUT2D eigenvalue weighted by Crippen LogP contribution is 2.39. The van der Waals surface area contributed by atoms with Gasteiger partial charge in [-0.25, -0.2) is 9.59 Å². The van der Waals surface area contributed by atoms with Gasteiger partial charge in [-0.3, -0.25) is 19.2 Å². The molecule has 0 radical (unpaired) electrons. The third-order valence-corrected chi connectivity index (χ3v) is 10.1. The van der Waals surface area contributed by atoms with E-state index in [1.807, 2.05) is 0 Å². The van der Waals surface area contributed by atoms with Crippen molar-refractivity contribution < 1.29 is 76.1 Å². The minimum absolute atomic E-state index is 0.0209. The molecule has 2 heterocycles. The summed E-state index contributed by atoms with van der Waals surface area (Å²) >= 11 is 0. The molecule has 1 saturated carbocycles. The zero-order chi connectivity index (χ0) is 48.6. The maximum absolute atomic E-state index is 13.8. The van der Waals surface area contributed by atoms with Crippen molar-refractivity contribution >= 4 is 35.8 Å². The molecule has 0 amide bonds. The number of hydrogen-bond donors (Lipinski definition) is 0. The van der Waals surface area contributed by atoms with Gasteiger partial charge in [-0.05, 0) is 52.8 Å². The largest absolute Gasteiger partial charge is 0.463 e. The average molecular weight is 935 g/mol. The highest BCUT2D eigenvalue weighted by molar-refractivity contribution is 5.90. The van der Waals surface area contributed by atoms with E-state index in [9.17, 15) is 50.9 Å². The van der Waals surface area contributed by atoms with E-state index >= 15 is 0 Å². The summed E-state index contributed by atoms with van der Waals surface area (Å²) in [4.78, 5) is 88.4. The van der Waals surface area contributed by atoms with Crippen molar-refractivity contribution in [3.63, 3.8) is 0 Å². The van der Waals surface area contributed by atoms with Crippen molar-refractivity contribution in [2.45, 2.75) is 120 Å². The van der Waals surface area contributed by atoms with Crippen LogP contribution < -0.4 is 0 Å². The fourth-order valence-electron chi connectivity index (χ4n) is 7.51. The summed E-state index contributed by atoms with van der Waals surface area (Å²) in [6.07, 6.45) is -19.2. The van der Waals surface area contributed by atoms with Gasteiger partial charge >= 0.3 is 35.8 Å². The topological polar surface area (TPSA) is 390 Å². The first kappa shape index (κ1) is 50.3. The Labute approximate surface area is 378 Å². The van der Waals surface area contributed by atoms with Crippen LogP contribution in [-0.2, 0) is 66.5 Å². The third-order valence-electron chi connectivity index (χ3n) is 10.1. The maximum atomic E-state index is 13.8. The van der Waals surface area contributed by atoms with E-state index in [0.717, 1.165) is 27.7 Å². The molecule has 5 unspecified atom stereocenters. The number of hydrogen-bond acceptors (Lipinski definition) is 20. The van der Waals surface area contributed by atoms with Crippen LogP contribution in [0.4, 0.5) is 0 Å². The molecule has 28 nitrogen and oxygen atoms in total. The van der Waals surface area contributed by atoms with Crippen LogP contribution in [-0.4, -0.2) is 135 Å². The Morgan fingerprint density at radius 1 is 0.537 bits per heavy atom. The van der Waals surface area contributed by atoms with E-state index in [4.69, 9.17) is 47.4 Å². The fourth-order valence-corrected chi connectivity index (χ4v) is 7.51. The molecule has 2 saturated heterocycles. The van der Waals surface area contributed by atoms with Gasteiger partial charge in [0, 0.05) is 47.3 Å². The van der Waals surface area contributed by atoms with Crippen LogP contribution in [0.5, 0.6) is 0 Å².